The number of fused-ring (bicyclic) bond motifs is 5. The molecule has 6 rings (SSSR count). The van der Waals surface area contributed by atoms with Gasteiger partial charge in [-0.2, -0.15) is 5.26 Å². The van der Waals surface area contributed by atoms with Crippen LogP contribution in [0.25, 0.3) is 33.3 Å². The van der Waals surface area contributed by atoms with Crippen molar-refractivity contribution in [1.29, 1.82) is 5.26 Å². The van der Waals surface area contributed by atoms with Crippen LogP contribution in [0.15, 0.2) is 40.8 Å². The van der Waals surface area contributed by atoms with Crippen molar-refractivity contribution in [3.63, 3.8) is 0 Å². The number of anilines is 1. The third-order valence-electron chi connectivity index (χ3n) is 6.43. The van der Waals surface area contributed by atoms with Crippen LogP contribution in [0.2, 0.25) is 0 Å². The first-order valence-corrected chi connectivity index (χ1v) is 10.8. The Bertz CT molecular complexity index is 1380. The Labute approximate surface area is 174 Å². The van der Waals surface area contributed by atoms with Crippen LogP contribution in [-0.4, -0.2) is 24.6 Å². The minimum atomic E-state index is 0.464. The van der Waals surface area contributed by atoms with Gasteiger partial charge in [-0.05, 0) is 43.4 Å². The molecule has 3 heterocycles. The van der Waals surface area contributed by atoms with E-state index in [1.54, 1.807) is 0 Å². The van der Waals surface area contributed by atoms with E-state index in [4.69, 9.17) is 14.7 Å². The van der Waals surface area contributed by atoms with Crippen LogP contribution in [0.3, 0.4) is 0 Å². The van der Waals surface area contributed by atoms with E-state index in [0.717, 1.165) is 71.0 Å². The van der Waals surface area contributed by atoms with E-state index in [9.17, 15) is 0 Å². The van der Waals surface area contributed by atoms with Gasteiger partial charge < -0.3 is 9.32 Å². The second-order valence-corrected chi connectivity index (χ2v) is 8.27. The Morgan fingerprint density at radius 3 is 2.80 bits per heavy atom. The van der Waals surface area contributed by atoms with Gasteiger partial charge in [-0.1, -0.05) is 18.2 Å². The maximum Gasteiger partial charge on any atom is 0.210 e. The van der Waals surface area contributed by atoms with Crippen LogP contribution in [0.1, 0.15) is 30.4 Å². The second-order valence-electron chi connectivity index (χ2n) is 8.27. The van der Waals surface area contributed by atoms with Crippen LogP contribution in [-0.2, 0) is 12.8 Å². The number of aromatic nitrogens is 1. The Morgan fingerprint density at radius 1 is 1.10 bits per heavy atom. The number of aryl methyl sites for hydroxylation is 2. The quantitative estimate of drug-likeness (QED) is 0.322. The molecule has 30 heavy (non-hydrogen) atoms. The summed E-state index contributed by atoms with van der Waals surface area (Å²) in [6.45, 7) is 2.90. The van der Waals surface area contributed by atoms with E-state index in [-0.39, 0.29) is 0 Å². The zero-order valence-corrected chi connectivity index (χ0v) is 16.9. The normalized spacial score (nSPS) is 16.2. The maximum absolute atomic E-state index is 8.91. The smallest absolute Gasteiger partial charge is 0.210 e. The number of nitrogens with one attached hydrogen (secondary N) is 1. The molecule has 1 aliphatic carbocycles. The predicted molar refractivity (Wildman–Crippen MR) is 116 cm³/mol. The molecule has 0 bridgehead atoms. The molecule has 0 spiro atoms. The average molecular weight is 395 g/mol. The summed E-state index contributed by atoms with van der Waals surface area (Å²) in [7, 11) is 0. The third-order valence-corrected chi connectivity index (χ3v) is 6.43. The summed E-state index contributed by atoms with van der Waals surface area (Å²) >= 11 is 0. The third kappa shape index (κ3) is 2.60. The van der Waals surface area contributed by atoms with E-state index in [0.29, 0.717) is 13.0 Å². The highest BCUT2D eigenvalue weighted by atomic mass is 16.3. The van der Waals surface area contributed by atoms with Crippen molar-refractivity contribution < 1.29 is 9.41 Å². The van der Waals surface area contributed by atoms with Crippen molar-refractivity contribution in [2.45, 2.75) is 32.1 Å². The number of nitrogens with zero attached hydrogens (tertiary/aromatic N) is 3. The van der Waals surface area contributed by atoms with Gasteiger partial charge in [0, 0.05) is 29.7 Å². The lowest BCUT2D eigenvalue weighted by Crippen LogP contribution is -2.76. The van der Waals surface area contributed by atoms with Gasteiger partial charge in [0.1, 0.15) is 11.2 Å². The summed E-state index contributed by atoms with van der Waals surface area (Å²) in [5.74, 6) is 0.796. The molecule has 5 heteroatoms. The SMILES string of the molecule is N#CCC[NH+]=c1cc2oc3c4c5c(cc3nc-2c2ccccc12)CCCN5CCC4. The molecule has 0 fully saturated rings. The largest absolute Gasteiger partial charge is 0.452 e. The first-order chi connectivity index (χ1) is 14.8. The molecule has 148 valence electrons. The second kappa shape index (κ2) is 6.84. The first kappa shape index (κ1) is 17.5. The van der Waals surface area contributed by atoms with Crippen molar-refractivity contribution in [1.82, 2.24) is 4.98 Å². The van der Waals surface area contributed by atoms with Crippen LogP contribution in [0, 0.1) is 11.3 Å². The number of hydrogen-bond acceptors (Lipinski definition) is 4. The fourth-order valence-corrected chi connectivity index (χ4v) is 5.17. The molecule has 3 aliphatic heterocycles. The Kier molecular flexibility index (Phi) is 3.98. The van der Waals surface area contributed by atoms with Crippen LogP contribution < -0.4 is 15.2 Å². The lowest BCUT2D eigenvalue weighted by Gasteiger charge is -2.37. The molecule has 0 aromatic heterocycles. The van der Waals surface area contributed by atoms with Crippen LogP contribution in [0.5, 0.6) is 0 Å². The van der Waals surface area contributed by atoms with E-state index >= 15 is 0 Å². The Hall–Kier alpha value is -3.39. The maximum atomic E-state index is 8.91. The van der Waals surface area contributed by atoms with Crippen molar-refractivity contribution in [2.75, 3.05) is 24.5 Å². The summed E-state index contributed by atoms with van der Waals surface area (Å²) < 4.78 is 6.58. The molecule has 1 N–H and O–H groups in total. The summed E-state index contributed by atoms with van der Waals surface area (Å²) in [6, 6.07) is 14.8. The molecule has 5 nitrogen and oxygen atoms in total. The first-order valence-electron chi connectivity index (χ1n) is 10.8. The molecule has 0 amide bonds. The molecule has 0 saturated carbocycles. The van der Waals surface area contributed by atoms with Crippen molar-refractivity contribution in [3.05, 3.63) is 52.9 Å². The highest BCUT2D eigenvalue weighted by Gasteiger charge is 2.28. The zero-order valence-electron chi connectivity index (χ0n) is 16.9. The van der Waals surface area contributed by atoms with E-state index in [1.165, 1.54) is 23.2 Å². The van der Waals surface area contributed by atoms with Crippen molar-refractivity contribution >= 4 is 27.6 Å². The highest BCUT2D eigenvalue weighted by molar-refractivity contribution is 5.97. The highest BCUT2D eigenvalue weighted by Crippen LogP contribution is 2.41. The monoisotopic (exact) mass is 395 g/mol. The predicted octanol–water partition coefficient (Wildman–Crippen LogP) is 2.68. The molecule has 0 atom stereocenters. The fourth-order valence-electron chi connectivity index (χ4n) is 5.17. The molecule has 0 saturated heterocycles. The van der Waals surface area contributed by atoms with Crippen LogP contribution >= 0.6 is 0 Å². The van der Waals surface area contributed by atoms with E-state index in [2.05, 4.69) is 34.2 Å². The molecule has 2 aromatic carbocycles. The standard InChI is InChI=1S/C25H22N4O/c26-10-5-11-27-20-15-22-23(18-8-2-1-7-17(18)20)28-21-14-16-6-3-12-29-13-4-9-19(24(16)29)25(21)30-22/h1-2,7-8,14-15H,3-6,9,11-13H2/p+1. The Morgan fingerprint density at radius 2 is 1.93 bits per heavy atom. The molecule has 0 radical (unpaired) electrons. The lowest BCUT2D eigenvalue weighted by atomic mass is 9.91. The van der Waals surface area contributed by atoms with E-state index < -0.39 is 0 Å². The molecular formula is C25H23N4O+. The summed E-state index contributed by atoms with van der Waals surface area (Å²) in [4.78, 5) is 11.1. The van der Waals surface area contributed by atoms with Gasteiger partial charge in [0.15, 0.2) is 17.9 Å². The van der Waals surface area contributed by atoms with Crippen LogP contribution in [0.4, 0.5) is 5.69 Å². The molecular weight excluding hydrogens is 372 g/mol. The summed E-state index contributed by atoms with van der Waals surface area (Å²) in [6.07, 6.45) is 5.01. The molecule has 4 aliphatic rings. The molecule has 0 unspecified atom stereocenters. The van der Waals surface area contributed by atoms with Gasteiger partial charge >= 0.3 is 0 Å². The number of nitriles is 1. The summed E-state index contributed by atoms with van der Waals surface area (Å²) in [5, 5.41) is 12.1. The van der Waals surface area contributed by atoms with Gasteiger partial charge in [-0.25, -0.2) is 9.98 Å². The van der Waals surface area contributed by atoms with Crippen molar-refractivity contribution in [3.8, 4) is 17.5 Å². The minimum Gasteiger partial charge on any atom is -0.452 e. The minimum absolute atomic E-state index is 0.464. The van der Waals surface area contributed by atoms with Gasteiger partial charge in [0.2, 0.25) is 5.36 Å². The van der Waals surface area contributed by atoms with Gasteiger partial charge in [0.25, 0.3) is 0 Å². The lowest BCUT2D eigenvalue weighted by molar-refractivity contribution is -0.497. The number of hydrogen-bond donors (Lipinski definition) is 1. The average Bonchev–Trinajstić information content (AvgIpc) is 2.79. The fraction of sp³-hybridized carbons (Fsp3) is 0.320. The Balaban J connectivity index is 1.69. The number of rotatable bonds is 2. The molecule has 2 aromatic rings. The number of benzene rings is 3. The summed E-state index contributed by atoms with van der Waals surface area (Å²) in [5.41, 5.74) is 6.96. The van der Waals surface area contributed by atoms with Gasteiger partial charge in [0.05, 0.1) is 23.9 Å². The zero-order chi connectivity index (χ0) is 20.1. The van der Waals surface area contributed by atoms with E-state index in [1.807, 2.05) is 18.2 Å². The topological polar surface area (TPSA) is 67.0 Å². The van der Waals surface area contributed by atoms with Gasteiger partial charge in [-0.15, -0.1) is 0 Å². The van der Waals surface area contributed by atoms with Gasteiger partial charge in [-0.3, -0.25) is 0 Å². The van der Waals surface area contributed by atoms with Crippen molar-refractivity contribution in [2.24, 2.45) is 0 Å².